The highest BCUT2D eigenvalue weighted by atomic mass is 16.5. The van der Waals surface area contributed by atoms with Crippen LogP contribution < -0.4 is 21.8 Å². The predicted octanol–water partition coefficient (Wildman–Crippen LogP) is 2.69. The van der Waals surface area contributed by atoms with Gasteiger partial charge in [0.1, 0.15) is 6.04 Å². The maximum Gasteiger partial charge on any atom is 0.300 e. The molecule has 1 aromatic rings. The Morgan fingerprint density at radius 3 is 1.91 bits per heavy atom. The number of nitrogens with zero attached hydrogens (tertiary/aromatic N) is 2. The van der Waals surface area contributed by atoms with Crippen LogP contribution >= 0.6 is 0 Å². The number of unbranched alkanes of at least 4 members (excludes halogenated alkanes) is 1. The molecule has 0 heterocycles. The van der Waals surface area contributed by atoms with Crippen LogP contribution in [0.15, 0.2) is 35.3 Å². The lowest BCUT2D eigenvalue weighted by atomic mass is 9.80. The quantitative estimate of drug-likeness (QED) is 0.0376. The number of carboxylic acid groups (broad SMARTS) is 2. The Balaban J connectivity index is 0. The number of carboxylic acids is 2. The zero-order valence-corrected chi connectivity index (χ0v) is 29.1. The van der Waals surface area contributed by atoms with E-state index in [4.69, 9.17) is 25.5 Å². The van der Waals surface area contributed by atoms with Crippen molar-refractivity contribution >= 4 is 35.5 Å². The lowest BCUT2D eigenvalue weighted by Crippen LogP contribution is -2.51. The van der Waals surface area contributed by atoms with E-state index in [0.717, 1.165) is 32.3 Å². The van der Waals surface area contributed by atoms with Crippen LogP contribution in [-0.2, 0) is 30.4 Å². The molecule has 0 aliphatic carbocycles. The number of benzene rings is 1. The largest absolute Gasteiger partial charge is 0.481 e. The van der Waals surface area contributed by atoms with E-state index in [1.165, 1.54) is 0 Å². The predicted molar refractivity (Wildman–Crippen MR) is 182 cm³/mol. The molecule has 47 heavy (non-hydrogen) atoms. The number of carbonyl (C=O) groups is 5. The van der Waals surface area contributed by atoms with E-state index in [1.54, 1.807) is 12.4 Å². The minimum atomic E-state index is -0.833. The number of amides is 3. The molecule has 1 rings (SSSR count). The van der Waals surface area contributed by atoms with Gasteiger partial charge in [0.2, 0.25) is 17.7 Å². The SMILES string of the molecule is CC(=O)O.CC(=O)O.CC(N)=NCCCC[C@H](NC(=O)[C@@H](CC(C)C)C(CCCc1ccccc1)C(=O)NO)C(=O)NCCN(C)C. The van der Waals surface area contributed by atoms with E-state index in [2.05, 4.69) is 15.6 Å². The molecule has 0 bridgehead atoms. The second kappa shape index (κ2) is 27.1. The Kier molecular flexibility index (Phi) is 26.0. The molecule has 268 valence electrons. The number of nitrogens with two attached hydrogens (primary N) is 1. The van der Waals surface area contributed by atoms with Gasteiger partial charge in [-0.2, -0.15) is 0 Å². The third-order valence-corrected chi connectivity index (χ3v) is 6.57. The molecule has 0 aromatic heterocycles. The molecule has 0 saturated heterocycles. The molecule has 0 spiro atoms. The van der Waals surface area contributed by atoms with Gasteiger partial charge in [0.15, 0.2) is 0 Å². The van der Waals surface area contributed by atoms with Crippen molar-refractivity contribution in [1.82, 2.24) is 21.0 Å². The molecule has 14 heteroatoms. The second-order valence-electron chi connectivity index (χ2n) is 11.9. The van der Waals surface area contributed by atoms with Crippen molar-refractivity contribution in [3.63, 3.8) is 0 Å². The number of hydroxylamine groups is 1. The van der Waals surface area contributed by atoms with Gasteiger partial charge in [0.25, 0.3) is 11.9 Å². The molecular weight excluding hydrogens is 608 g/mol. The van der Waals surface area contributed by atoms with E-state index in [-0.39, 0.29) is 17.7 Å². The molecule has 0 fully saturated rings. The van der Waals surface area contributed by atoms with Crippen molar-refractivity contribution in [3.8, 4) is 0 Å². The Morgan fingerprint density at radius 2 is 1.43 bits per heavy atom. The van der Waals surface area contributed by atoms with Crippen molar-refractivity contribution < 1.29 is 39.4 Å². The fourth-order valence-corrected chi connectivity index (χ4v) is 4.52. The lowest BCUT2D eigenvalue weighted by Gasteiger charge is -2.28. The number of carbonyl (C=O) groups excluding carboxylic acids is 3. The van der Waals surface area contributed by atoms with Gasteiger partial charge in [-0.05, 0) is 77.4 Å². The average molecular weight is 667 g/mol. The number of rotatable bonds is 19. The van der Waals surface area contributed by atoms with Crippen molar-refractivity contribution in [3.05, 3.63) is 35.9 Å². The minimum absolute atomic E-state index is 0.133. The number of hydrogen-bond acceptors (Lipinski definition) is 8. The van der Waals surface area contributed by atoms with E-state index in [9.17, 15) is 19.6 Å². The van der Waals surface area contributed by atoms with Crippen LogP contribution in [0, 0.1) is 17.8 Å². The minimum Gasteiger partial charge on any atom is -0.481 e. The number of aryl methyl sites for hydroxylation is 1. The van der Waals surface area contributed by atoms with Crippen molar-refractivity contribution in [2.75, 3.05) is 33.7 Å². The van der Waals surface area contributed by atoms with Crippen LogP contribution in [-0.4, -0.2) is 95.6 Å². The summed E-state index contributed by atoms with van der Waals surface area (Å²) < 4.78 is 0. The van der Waals surface area contributed by atoms with Crippen LogP contribution in [0.3, 0.4) is 0 Å². The zero-order chi connectivity index (χ0) is 36.4. The summed E-state index contributed by atoms with van der Waals surface area (Å²) in [6, 6.07) is 9.21. The fraction of sp³-hybridized carbons (Fsp3) is 0.636. The number of amidine groups is 1. The van der Waals surface area contributed by atoms with Gasteiger partial charge >= 0.3 is 0 Å². The first-order valence-corrected chi connectivity index (χ1v) is 15.9. The highest BCUT2D eigenvalue weighted by Gasteiger charge is 2.35. The van der Waals surface area contributed by atoms with Crippen LogP contribution in [0.2, 0.25) is 0 Å². The van der Waals surface area contributed by atoms with Gasteiger partial charge in [-0.1, -0.05) is 44.2 Å². The normalized spacial score (nSPS) is 12.8. The lowest BCUT2D eigenvalue weighted by molar-refractivity contribution is -0.142. The summed E-state index contributed by atoms with van der Waals surface area (Å²) in [4.78, 5) is 63.6. The highest BCUT2D eigenvalue weighted by Crippen LogP contribution is 2.27. The third kappa shape index (κ3) is 26.8. The zero-order valence-electron chi connectivity index (χ0n) is 29.1. The number of hydrogen-bond donors (Lipinski definition) is 7. The molecule has 14 nitrogen and oxygen atoms in total. The summed E-state index contributed by atoms with van der Waals surface area (Å²) in [5.41, 5.74) is 8.52. The first-order valence-electron chi connectivity index (χ1n) is 15.9. The van der Waals surface area contributed by atoms with E-state index in [0.29, 0.717) is 57.6 Å². The Hall–Kier alpha value is -4.04. The summed E-state index contributed by atoms with van der Waals surface area (Å²) in [6.45, 7) is 9.57. The van der Waals surface area contributed by atoms with Crippen LogP contribution in [0.5, 0.6) is 0 Å². The second-order valence-corrected chi connectivity index (χ2v) is 11.9. The molecule has 3 amide bonds. The van der Waals surface area contributed by atoms with E-state index < -0.39 is 35.7 Å². The summed E-state index contributed by atoms with van der Waals surface area (Å²) >= 11 is 0. The van der Waals surface area contributed by atoms with Crippen LogP contribution in [0.1, 0.15) is 78.7 Å². The molecule has 1 aromatic carbocycles. The molecule has 1 unspecified atom stereocenters. The van der Waals surface area contributed by atoms with Gasteiger partial charge in [0, 0.05) is 39.4 Å². The van der Waals surface area contributed by atoms with E-state index in [1.807, 2.05) is 63.2 Å². The number of aliphatic carboxylic acids is 2. The standard InChI is InChI=1S/C29H50N6O4.2C2H4O2/c1-21(2)20-25(24(28(37)34-39)15-11-14-23-12-7-6-8-13-23)27(36)33-26(16-9-10-17-31-22(3)30)29(38)32-18-19-35(4)5;2*1-2(3)4/h6-8,12-13,21,24-26,39H,9-11,14-20H2,1-5H3,(H2,30,31)(H,32,38)(H,33,36)(H,34,37);2*1H3,(H,3,4)/t24?,25-,26-;;/m0../s1. The summed E-state index contributed by atoms with van der Waals surface area (Å²) in [7, 11) is 3.85. The summed E-state index contributed by atoms with van der Waals surface area (Å²) in [5, 5.41) is 30.2. The monoisotopic (exact) mass is 666 g/mol. The van der Waals surface area contributed by atoms with Crippen LogP contribution in [0.4, 0.5) is 0 Å². The number of nitrogens with one attached hydrogen (secondary N) is 3. The third-order valence-electron chi connectivity index (χ3n) is 6.57. The topological polar surface area (TPSA) is 224 Å². The molecular formula is C33H58N6O8. The maximum atomic E-state index is 13.6. The maximum absolute atomic E-state index is 13.6. The Morgan fingerprint density at radius 1 is 0.851 bits per heavy atom. The molecule has 0 radical (unpaired) electrons. The molecule has 0 saturated carbocycles. The van der Waals surface area contributed by atoms with Crippen molar-refractivity contribution in [2.45, 2.75) is 85.6 Å². The first kappa shape index (κ1) is 45.1. The first-order chi connectivity index (χ1) is 22.0. The van der Waals surface area contributed by atoms with Crippen LogP contribution in [0.25, 0.3) is 0 Å². The molecule has 8 N–H and O–H groups in total. The highest BCUT2D eigenvalue weighted by molar-refractivity contribution is 5.91. The number of aliphatic imine (C=N–C) groups is 1. The number of likely N-dealkylation sites (N-methyl/N-ethyl adjacent to an activating group) is 1. The summed E-state index contributed by atoms with van der Waals surface area (Å²) in [5.74, 6) is -3.60. The Bertz CT molecular complexity index is 1060. The molecule has 0 aliphatic rings. The van der Waals surface area contributed by atoms with E-state index >= 15 is 0 Å². The van der Waals surface area contributed by atoms with Gasteiger partial charge in [0.05, 0.1) is 11.8 Å². The van der Waals surface area contributed by atoms with Gasteiger partial charge in [-0.3, -0.25) is 34.2 Å². The van der Waals surface area contributed by atoms with Gasteiger partial charge in [-0.25, -0.2) is 5.48 Å². The van der Waals surface area contributed by atoms with Gasteiger partial charge in [-0.15, -0.1) is 0 Å². The average Bonchev–Trinajstić information content (AvgIpc) is 2.96. The molecule has 0 aliphatic heterocycles. The molecule has 3 atom stereocenters. The van der Waals surface area contributed by atoms with Crippen molar-refractivity contribution in [1.29, 1.82) is 0 Å². The summed E-state index contributed by atoms with van der Waals surface area (Å²) in [6.07, 6.45) is 4.17. The van der Waals surface area contributed by atoms with Crippen molar-refractivity contribution in [2.24, 2.45) is 28.5 Å². The van der Waals surface area contributed by atoms with Gasteiger partial charge < -0.3 is 31.5 Å². The Labute approximate surface area is 279 Å². The fourth-order valence-electron chi connectivity index (χ4n) is 4.52. The smallest absolute Gasteiger partial charge is 0.300 e.